The maximum atomic E-state index is 12.4. The van der Waals surface area contributed by atoms with E-state index in [4.69, 9.17) is 11.6 Å². The zero-order chi connectivity index (χ0) is 14.8. The van der Waals surface area contributed by atoms with Gasteiger partial charge in [-0.1, -0.05) is 11.6 Å². The van der Waals surface area contributed by atoms with Crippen molar-refractivity contribution in [3.63, 3.8) is 0 Å². The predicted octanol–water partition coefficient (Wildman–Crippen LogP) is 1.26. The minimum Gasteiger partial charge on any atom is -0.369 e. The van der Waals surface area contributed by atoms with Crippen molar-refractivity contribution in [2.75, 3.05) is 31.1 Å². The highest BCUT2D eigenvalue weighted by molar-refractivity contribution is 6.33. The van der Waals surface area contributed by atoms with Gasteiger partial charge in [-0.05, 0) is 25.7 Å². The van der Waals surface area contributed by atoms with Gasteiger partial charge >= 0.3 is 0 Å². The number of rotatable bonds is 2. The van der Waals surface area contributed by atoms with Crippen molar-refractivity contribution < 1.29 is 4.79 Å². The molecule has 1 aromatic rings. The molecule has 21 heavy (non-hydrogen) atoms. The third-order valence-electron chi connectivity index (χ3n) is 4.38. The van der Waals surface area contributed by atoms with Gasteiger partial charge < -0.3 is 9.80 Å². The molecular weight excluding hydrogens is 292 g/mol. The number of halogens is 1. The highest BCUT2D eigenvalue weighted by atomic mass is 35.5. The van der Waals surface area contributed by atoms with Gasteiger partial charge in [-0.2, -0.15) is 5.10 Å². The Morgan fingerprint density at radius 2 is 1.90 bits per heavy atom. The first kappa shape index (κ1) is 14.4. The van der Waals surface area contributed by atoms with E-state index in [0.717, 1.165) is 51.9 Å². The minimum absolute atomic E-state index is 0.105. The Morgan fingerprint density at radius 1 is 1.24 bits per heavy atom. The molecule has 0 unspecified atom stereocenters. The first-order chi connectivity index (χ1) is 10.2. The van der Waals surface area contributed by atoms with Crippen LogP contribution in [0.25, 0.3) is 0 Å². The van der Waals surface area contributed by atoms with Crippen LogP contribution < -0.4 is 10.5 Å². The van der Waals surface area contributed by atoms with Crippen molar-refractivity contribution in [3.05, 3.63) is 21.6 Å². The van der Waals surface area contributed by atoms with Crippen LogP contribution in [0.3, 0.4) is 0 Å². The van der Waals surface area contributed by atoms with Gasteiger partial charge in [0.1, 0.15) is 5.02 Å². The van der Waals surface area contributed by atoms with Gasteiger partial charge in [-0.3, -0.25) is 9.59 Å². The van der Waals surface area contributed by atoms with Gasteiger partial charge in [0.15, 0.2) is 0 Å². The lowest BCUT2D eigenvalue weighted by molar-refractivity contribution is -0.135. The van der Waals surface area contributed by atoms with Crippen molar-refractivity contribution in [2.45, 2.75) is 25.7 Å². The molecule has 1 amide bonds. The molecule has 114 valence electrons. The number of aromatic amines is 1. The van der Waals surface area contributed by atoms with Crippen LogP contribution >= 0.6 is 11.6 Å². The molecule has 0 aromatic carbocycles. The molecule has 1 N–H and O–H groups in total. The van der Waals surface area contributed by atoms with Gasteiger partial charge in [0, 0.05) is 32.1 Å². The summed E-state index contributed by atoms with van der Waals surface area (Å²) in [5.74, 6) is 0.398. The summed E-state index contributed by atoms with van der Waals surface area (Å²) in [6, 6.07) is 0. The van der Waals surface area contributed by atoms with Gasteiger partial charge in [-0.25, -0.2) is 5.10 Å². The second-order valence-corrected chi connectivity index (χ2v) is 6.07. The van der Waals surface area contributed by atoms with E-state index < -0.39 is 0 Å². The van der Waals surface area contributed by atoms with Crippen LogP contribution in [-0.2, 0) is 4.79 Å². The van der Waals surface area contributed by atoms with Crippen molar-refractivity contribution in [3.8, 4) is 0 Å². The standard InChI is InChI=1S/C14H19ClN4O2/c15-12-11(9-16-17-13(12)20)18-7-3-10(4-8-18)14(21)19-5-1-2-6-19/h9-10H,1-8H2,(H,17,20). The molecule has 2 fully saturated rings. The number of hydrogen-bond donors (Lipinski definition) is 1. The van der Waals surface area contributed by atoms with Crippen LogP contribution in [0.15, 0.2) is 11.0 Å². The number of aromatic nitrogens is 2. The zero-order valence-corrected chi connectivity index (χ0v) is 12.6. The maximum absolute atomic E-state index is 12.4. The molecule has 2 aliphatic heterocycles. The topological polar surface area (TPSA) is 69.3 Å². The quantitative estimate of drug-likeness (QED) is 0.893. The van der Waals surface area contributed by atoms with E-state index in [2.05, 4.69) is 10.2 Å². The Bertz CT molecular complexity index is 575. The van der Waals surface area contributed by atoms with E-state index in [1.807, 2.05) is 9.80 Å². The van der Waals surface area contributed by atoms with Crippen molar-refractivity contribution in [2.24, 2.45) is 5.92 Å². The maximum Gasteiger partial charge on any atom is 0.285 e. The monoisotopic (exact) mass is 310 g/mol. The summed E-state index contributed by atoms with van der Waals surface area (Å²) in [6.45, 7) is 3.27. The molecule has 0 atom stereocenters. The Kier molecular flexibility index (Phi) is 4.14. The van der Waals surface area contributed by atoms with Gasteiger partial charge in [0.2, 0.25) is 5.91 Å². The number of nitrogens with zero attached hydrogens (tertiary/aromatic N) is 3. The normalized spacial score (nSPS) is 20.0. The lowest BCUT2D eigenvalue weighted by Gasteiger charge is -2.34. The number of carbonyl (C=O) groups is 1. The predicted molar refractivity (Wildman–Crippen MR) is 80.6 cm³/mol. The van der Waals surface area contributed by atoms with Gasteiger partial charge in [0.25, 0.3) is 5.56 Å². The van der Waals surface area contributed by atoms with Crippen molar-refractivity contribution in [1.29, 1.82) is 0 Å². The van der Waals surface area contributed by atoms with Crippen LogP contribution in [0.1, 0.15) is 25.7 Å². The number of nitrogens with one attached hydrogen (secondary N) is 1. The van der Waals surface area contributed by atoms with E-state index in [1.54, 1.807) is 6.20 Å². The largest absolute Gasteiger partial charge is 0.369 e. The smallest absolute Gasteiger partial charge is 0.285 e. The molecule has 0 aliphatic carbocycles. The Hall–Kier alpha value is -1.56. The lowest BCUT2D eigenvalue weighted by Crippen LogP contribution is -2.42. The number of anilines is 1. The molecule has 0 saturated carbocycles. The molecule has 3 rings (SSSR count). The first-order valence-electron chi connectivity index (χ1n) is 7.44. The average molecular weight is 311 g/mol. The van der Waals surface area contributed by atoms with Crippen LogP contribution in [0.5, 0.6) is 0 Å². The summed E-state index contributed by atoms with van der Waals surface area (Å²) in [5, 5.41) is 6.29. The van der Waals surface area contributed by atoms with Crippen LogP contribution in [-0.4, -0.2) is 47.2 Å². The highest BCUT2D eigenvalue weighted by Gasteiger charge is 2.30. The molecule has 0 spiro atoms. The number of hydrogen-bond acceptors (Lipinski definition) is 4. The summed E-state index contributed by atoms with van der Waals surface area (Å²) >= 11 is 6.03. The summed E-state index contributed by atoms with van der Waals surface area (Å²) in [5.41, 5.74) is 0.289. The Balaban J connectivity index is 1.63. The first-order valence-corrected chi connectivity index (χ1v) is 7.81. The Labute approximate surface area is 128 Å². The number of piperidine rings is 1. The molecule has 2 aliphatic rings. The minimum atomic E-state index is -0.371. The molecule has 3 heterocycles. The van der Waals surface area contributed by atoms with E-state index in [9.17, 15) is 9.59 Å². The average Bonchev–Trinajstić information content (AvgIpc) is 3.04. The molecule has 6 nitrogen and oxygen atoms in total. The van der Waals surface area contributed by atoms with E-state index in [1.165, 1.54) is 0 Å². The molecular formula is C14H19ClN4O2. The van der Waals surface area contributed by atoms with Crippen LogP contribution in [0.2, 0.25) is 5.02 Å². The summed E-state index contributed by atoms with van der Waals surface area (Å²) in [6.07, 6.45) is 5.43. The molecule has 0 bridgehead atoms. The highest BCUT2D eigenvalue weighted by Crippen LogP contribution is 2.28. The zero-order valence-electron chi connectivity index (χ0n) is 11.8. The van der Waals surface area contributed by atoms with Crippen LogP contribution in [0, 0.1) is 5.92 Å². The second kappa shape index (κ2) is 6.05. The lowest BCUT2D eigenvalue weighted by atomic mass is 9.95. The second-order valence-electron chi connectivity index (χ2n) is 5.69. The molecule has 0 radical (unpaired) electrons. The van der Waals surface area contributed by atoms with Crippen LogP contribution in [0.4, 0.5) is 5.69 Å². The fourth-order valence-corrected chi connectivity index (χ4v) is 3.37. The Morgan fingerprint density at radius 3 is 2.57 bits per heavy atom. The van der Waals surface area contributed by atoms with Gasteiger partial charge in [-0.15, -0.1) is 0 Å². The van der Waals surface area contributed by atoms with Gasteiger partial charge in [0.05, 0.1) is 11.9 Å². The molecule has 2 saturated heterocycles. The van der Waals surface area contributed by atoms with E-state index in [0.29, 0.717) is 11.6 Å². The van der Waals surface area contributed by atoms with E-state index in [-0.39, 0.29) is 16.5 Å². The van der Waals surface area contributed by atoms with E-state index >= 15 is 0 Å². The fraction of sp³-hybridized carbons (Fsp3) is 0.643. The third kappa shape index (κ3) is 2.90. The number of likely N-dealkylation sites (tertiary alicyclic amines) is 1. The molecule has 7 heteroatoms. The summed E-state index contributed by atoms with van der Waals surface area (Å²) in [4.78, 5) is 27.9. The summed E-state index contributed by atoms with van der Waals surface area (Å²) < 4.78 is 0. The number of H-pyrrole nitrogens is 1. The number of amides is 1. The SMILES string of the molecule is O=C(C1CCN(c2cn[nH]c(=O)c2Cl)CC1)N1CCCC1. The fourth-order valence-electron chi connectivity index (χ4n) is 3.16. The number of carbonyl (C=O) groups excluding carboxylic acids is 1. The summed E-state index contributed by atoms with van der Waals surface area (Å²) in [7, 11) is 0. The van der Waals surface area contributed by atoms with Crippen molar-refractivity contribution >= 4 is 23.2 Å². The van der Waals surface area contributed by atoms with Crippen molar-refractivity contribution in [1.82, 2.24) is 15.1 Å². The molecule has 1 aromatic heterocycles. The third-order valence-corrected chi connectivity index (χ3v) is 4.75.